The van der Waals surface area contributed by atoms with Crippen molar-refractivity contribution in [2.75, 3.05) is 5.33 Å². The Morgan fingerprint density at radius 3 is 2.00 bits per heavy atom. The summed E-state index contributed by atoms with van der Waals surface area (Å²) in [5.74, 6) is -0.0401. The van der Waals surface area contributed by atoms with Crippen molar-refractivity contribution in [3.63, 3.8) is 0 Å². The van der Waals surface area contributed by atoms with Crippen LogP contribution < -0.4 is 0 Å². The summed E-state index contributed by atoms with van der Waals surface area (Å²) in [7, 11) is 0. The number of halogens is 7. The van der Waals surface area contributed by atoms with E-state index in [-0.39, 0.29) is 16.0 Å². The van der Waals surface area contributed by atoms with E-state index in [4.69, 9.17) is 69.6 Å². The molecule has 0 unspecified atom stereocenters. The zero-order valence-corrected chi connectivity index (χ0v) is 13.3. The minimum Gasteiger partial charge on any atom is -0.110 e. The Balaban J connectivity index is 2.65. The Morgan fingerprint density at radius 2 is 1.67 bits per heavy atom. The maximum atomic E-state index is 6.44. The lowest BCUT2D eigenvalue weighted by molar-refractivity contribution is 0.522. The molecule has 0 amide bonds. The van der Waals surface area contributed by atoms with Crippen LogP contribution in [0.2, 0.25) is 0 Å². The predicted molar refractivity (Wildman–Crippen MR) is 72.2 cm³/mol. The molecule has 1 saturated carbocycles. The zero-order valence-electron chi connectivity index (χ0n) is 7.14. The van der Waals surface area contributed by atoms with Crippen LogP contribution in [0.3, 0.4) is 0 Å². The van der Waals surface area contributed by atoms with Crippen LogP contribution in [0.4, 0.5) is 0 Å². The Hall–Kier alpha value is 1.96. The average Bonchev–Trinajstić information content (AvgIpc) is 2.39. The van der Waals surface area contributed by atoms with Crippen LogP contribution in [-0.4, -0.2) is 19.4 Å². The molecule has 3 atom stereocenters. The molecule has 7 heteroatoms. The first-order valence-electron chi connectivity index (χ1n) is 4.11. The highest BCUT2D eigenvalue weighted by atomic mass is 79.9. The molecule has 2 aliphatic rings. The SMILES string of the molecule is ClC1=C(Cl)[C@@]2(Cl)C[C@H](CBr)[C@@]1(Cl)C2(Cl)Cl. The first-order valence-corrected chi connectivity index (χ1v) is 7.50. The molecule has 0 aromatic rings. The van der Waals surface area contributed by atoms with Gasteiger partial charge in [0.15, 0.2) is 4.33 Å². The molecule has 15 heavy (non-hydrogen) atoms. The Bertz CT molecular complexity index is 353. The number of hydrogen-bond donors (Lipinski definition) is 0. The van der Waals surface area contributed by atoms with E-state index in [2.05, 4.69) is 15.9 Å². The van der Waals surface area contributed by atoms with E-state index in [9.17, 15) is 0 Å². The Labute approximate surface area is 126 Å². The fourth-order valence-electron chi connectivity index (χ4n) is 2.19. The van der Waals surface area contributed by atoms with Gasteiger partial charge in [-0.05, 0) is 12.3 Å². The van der Waals surface area contributed by atoms with Gasteiger partial charge >= 0.3 is 0 Å². The van der Waals surface area contributed by atoms with Crippen LogP contribution in [0.5, 0.6) is 0 Å². The van der Waals surface area contributed by atoms with Crippen LogP contribution in [-0.2, 0) is 0 Å². The van der Waals surface area contributed by atoms with Gasteiger partial charge in [0.1, 0.15) is 9.75 Å². The molecule has 0 aliphatic heterocycles. The monoisotopic (exact) mass is 390 g/mol. The normalized spacial score (nSPS) is 47.8. The second-order valence-corrected chi connectivity index (χ2v) is 7.74. The lowest BCUT2D eigenvalue weighted by Gasteiger charge is -2.33. The molecular formula is C8H5BrCl6. The van der Waals surface area contributed by atoms with Crippen LogP contribution >= 0.6 is 85.5 Å². The first kappa shape index (κ1) is 13.4. The van der Waals surface area contributed by atoms with E-state index in [0.29, 0.717) is 11.8 Å². The van der Waals surface area contributed by atoms with Crippen molar-refractivity contribution in [1.82, 2.24) is 0 Å². The van der Waals surface area contributed by atoms with Crippen molar-refractivity contribution in [1.29, 1.82) is 0 Å². The summed E-state index contributed by atoms with van der Waals surface area (Å²) in [6.45, 7) is 0. The Kier molecular flexibility index (Phi) is 3.33. The van der Waals surface area contributed by atoms with Gasteiger partial charge in [-0.2, -0.15) is 0 Å². The van der Waals surface area contributed by atoms with E-state index >= 15 is 0 Å². The summed E-state index contributed by atoms with van der Waals surface area (Å²) in [5.41, 5.74) is 0. The summed E-state index contributed by atoms with van der Waals surface area (Å²) < 4.78 is -1.38. The maximum absolute atomic E-state index is 6.44. The second-order valence-electron chi connectivity index (χ2n) is 3.77. The lowest BCUT2D eigenvalue weighted by atomic mass is 9.94. The summed E-state index contributed by atoms with van der Waals surface area (Å²) in [6.07, 6.45) is 0.505. The summed E-state index contributed by atoms with van der Waals surface area (Å²) >= 11 is 40.8. The quantitative estimate of drug-likeness (QED) is 0.535. The largest absolute Gasteiger partial charge is 0.166 e. The van der Waals surface area contributed by atoms with Gasteiger partial charge in [-0.3, -0.25) is 0 Å². The molecule has 1 fully saturated rings. The molecule has 2 aliphatic carbocycles. The topological polar surface area (TPSA) is 0 Å². The van der Waals surface area contributed by atoms with Crippen molar-refractivity contribution in [2.24, 2.45) is 5.92 Å². The van der Waals surface area contributed by atoms with E-state index in [0.717, 1.165) is 0 Å². The molecule has 2 rings (SSSR count). The van der Waals surface area contributed by atoms with E-state index in [1.165, 1.54) is 0 Å². The number of hydrogen-bond acceptors (Lipinski definition) is 0. The van der Waals surface area contributed by atoms with E-state index in [1.807, 2.05) is 0 Å². The molecular weight excluding hydrogens is 389 g/mol. The van der Waals surface area contributed by atoms with Crippen molar-refractivity contribution in [3.8, 4) is 0 Å². The number of alkyl halides is 5. The maximum Gasteiger partial charge on any atom is 0.166 e. The number of fused-ring (bicyclic) bond motifs is 2. The van der Waals surface area contributed by atoms with Crippen LogP contribution in [0.1, 0.15) is 6.42 Å². The van der Waals surface area contributed by atoms with Crippen molar-refractivity contribution in [2.45, 2.75) is 20.5 Å². The van der Waals surface area contributed by atoms with Crippen LogP contribution in [0.25, 0.3) is 0 Å². The number of rotatable bonds is 1. The van der Waals surface area contributed by atoms with Gasteiger partial charge < -0.3 is 0 Å². The minimum atomic E-state index is -1.38. The van der Waals surface area contributed by atoms with Crippen molar-refractivity contribution >= 4 is 85.5 Å². The van der Waals surface area contributed by atoms with Gasteiger partial charge in [0.25, 0.3) is 0 Å². The highest BCUT2D eigenvalue weighted by Gasteiger charge is 2.77. The fraction of sp³-hybridized carbons (Fsp3) is 0.750. The van der Waals surface area contributed by atoms with Gasteiger partial charge in [0.2, 0.25) is 0 Å². The molecule has 0 N–H and O–H groups in total. The van der Waals surface area contributed by atoms with Crippen LogP contribution in [0.15, 0.2) is 10.1 Å². The molecule has 0 aromatic carbocycles. The van der Waals surface area contributed by atoms with E-state index < -0.39 is 14.1 Å². The molecule has 0 aromatic heterocycles. The highest BCUT2D eigenvalue weighted by Crippen LogP contribution is 2.74. The highest BCUT2D eigenvalue weighted by molar-refractivity contribution is 9.09. The fourth-order valence-corrected chi connectivity index (χ4v) is 5.94. The minimum absolute atomic E-state index is 0.0401. The second kappa shape index (κ2) is 3.73. The third-order valence-corrected chi connectivity index (χ3v) is 8.20. The van der Waals surface area contributed by atoms with E-state index in [1.54, 1.807) is 0 Å². The molecule has 2 bridgehead atoms. The smallest absolute Gasteiger partial charge is 0.110 e. The van der Waals surface area contributed by atoms with Crippen molar-refractivity contribution < 1.29 is 0 Å². The van der Waals surface area contributed by atoms with Crippen molar-refractivity contribution in [3.05, 3.63) is 10.1 Å². The average molecular weight is 394 g/mol. The summed E-state index contributed by atoms with van der Waals surface area (Å²) in [6, 6.07) is 0. The third-order valence-electron chi connectivity index (χ3n) is 3.09. The lowest BCUT2D eigenvalue weighted by Crippen LogP contribution is -2.44. The molecule has 0 spiro atoms. The molecule has 0 radical (unpaired) electrons. The molecule has 0 heterocycles. The predicted octanol–water partition coefficient (Wildman–Crippen LogP) is 5.23. The van der Waals surface area contributed by atoms with Crippen LogP contribution in [0, 0.1) is 5.92 Å². The standard InChI is InChI=1S/C8H5BrCl6/c9-2-3-1-6(12)4(10)5(11)7(3,13)8(6,14)15/h3H,1-2H2/t3-,6+,7+/m1/s1. The van der Waals surface area contributed by atoms with Gasteiger partial charge in [-0.15, -0.1) is 23.2 Å². The van der Waals surface area contributed by atoms with Gasteiger partial charge in [0, 0.05) is 5.33 Å². The molecule has 0 nitrogen and oxygen atoms in total. The first-order chi connectivity index (χ1) is 6.73. The zero-order chi connectivity index (χ0) is 11.6. The number of allylic oxidation sites excluding steroid dienone is 2. The summed E-state index contributed by atoms with van der Waals surface area (Å²) in [4.78, 5) is -2.17. The van der Waals surface area contributed by atoms with Gasteiger partial charge in [0.05, 0.1) is 10.1 Å². The third kappa shape index (κ3) is 1.30. The molecule has 86 valence electrons. The molecule has 0 saturated heterocycles. The van der Waals surface area contributed by atoms with Gasteiger partial charge in [-0.1, -0.05) is 62.3 Å². The summed E-state index contributed by atoms with van der Waals surface area (Å²) in [5, 5.41) is 1.15. The Morgan fingerprint density at radius 1 is 1.13 bits per heavy atom. The van der Waals surface area contributed by atoms with Gasteiger partial charge in [-0.25, -0.2) is 0 Å².